The fraction of sp³-hybridized carbons (Fsp3) is 0.208. The summed E-state index contributed by atoms with van der Waals surface area (Å²) in [5.74, 6) is 0.341. The van der Waals surface area contributed by atoms with Crippen molar-refractivity contribution in [3.05, 3.63) is 90.0 Å². The maximum atomic E-state index is 13.1. The van der Waals surface area contributed by atoms with E-state index in [9.17, 15) is 13.2 Å². The highest BCUT2D eigenvalue weighted by Crippen LogP contribution is 2.33. The number of carbonyl (C=O) groups is 1. The topological polar surface area (TPSA) is 84.9 Å². The number of ether oxygens (including phenoxy) is 2. The molecule has 8 heteroatoms. The van der Waals surface area contributed by atoms with Crippen molar-refractivity contribution in [3.63, 3.8) is 0 Å². The Morgan fingerprint density at radius 2 is 1.47 bits per heavy atom. The van der Waals surface area contributed by atoms with E-state index in [0.29, 0.717) is 5.75 Å². The first-order chi connectivity index (χ1) is 15.3. The first-order valence-corrected chi connectivity index (χ1v) is 11.8. The molecule has 0 fully saturated rings. The third kappa shape index (κ3) is 5.59. The SMILES string of the molecule is COc1ccc(N(CC(=O)NC(c2ccccc2)c2ccccc2)S(C)(=O)=O)c(OC)c1. The Labute approximate surface area is 188 Å². The largest absolute Gasteiger partial charge is 0.497 e. The highest BCUT2D eigenvalue weighted by Gasteiger charge is 2.26. The average molecular weight is 455 g/mol. The molecule has 3 aromatic rings. The molecule has 0 aromatic heterocycles. The van der Waals surface area contributed by atoms with Crippen LogP contribution in [-0.2, 0) is 14.8 Å². The number of rotatable bonds is 9. The summed E-state index contributed by atoms with van der Waals surface area (Å²) in [6.07, 6.45) is 1.05. The van der Waals surface area contributed by atoms with Crippen LogP contribution in [0.25, 0.3) is 0 Å². The number of hydrogen-bond donors (Lipinski definition) is 1. The van der Waals surface area contributed by atoms with Crippen molar-refractivity contribution in [2.24, 2.45) is 0 Å². The molecule has 0 spiro atoms. The molecule has 0 aliphatic rings. The highest BCUT2D eigenvalue weighted by atomic mass is 32.2. The van der Waals surface area contributed by atoms with Crippen molar-refractivity contribution < 1.29 is 22.7 Å². The van der Waals surface area contributed by atoms with Crippen LogP contribution in [-0.4, -0.2) is 41.3 Å². The van der Waals surface area contributed by atoms with Crippen molar-refractivity contribution in [2.75, 3.05) is 31.3 Å². The van der Waals surface area contributed by atoms with Gasteiger partial charge in [-0.05, 0) is 23.3 Å². The van der Waals surface area contributed by atoms with Crippen LogP contribution in [0.5, 0.6) is 11.5 Å². The van der Waals surface area contributed by atoms with Gasteiger partial charge in [0.05, 0.1) is 32.2 Å². The summed E-state index contributed by atoms with van der Waals surface area (Å²) in [5, 5.41) is 2.97. The number of benzene rings is 3. The van der Waals surface area contributed by atoms with E-state index in [1.54, 1.807) is 18.2 Å². The minimum atomic E-state index is -3.78. The average Bonchev–Trinajstić information content (AvgIpc) is 2.81. The highest BCUT2D eigenvalue weighted by molar-refractivity contribution is 7.92. The molecular formula is C24H26N2O5S. The summed E-state index contributed by atoms with van der Waals surface area (Å²) >= 11 is 0. The second-order valence-corrected chi connectivity index (χ2v) is 9.04. The van der Waals surface area contributed by atoms with E-state index in [1.165, 1.54) is 14.2 Å². The number of carbonyl (C=O) groups excluding carboxylic acids is 1. The normalized spacial score (nSPS) is 11.1. The zero-order chi connectivity index (χ0) is 23.1. The summed E-state index contributed by atoms with van der Waals surface area (Å²) in [5.41, 5.74) is 2.03. The number of nitrogens with one attached hydrogen (secondary N) is 1. The van der Waals surface area contributed by atoms with Gasteiger partial charge < -0.3 is 14.8 Å². The van der Waals surface area contributed by atoms with Crippen LogP contribution in [0.2, 0.25) is 0 Å². The lowest BCUT2D eigenvalue weighted by Gasteiger charge is -2.26. The molecule has 0 saturated carbocycles. The monoisotopic (exact) mass is 454 g/mol. The Morgan fingerprint density at radius 1 is 0.906 bits per heavy atom. The summed E-state index contributed by atoms with van der Waals surface area (Å²) < 4.78 is 36.7. The molecule has 7 nitrogen and oxygen atoms in total. The number of anilines is 1. The van der Waals surface area contributed by atoms with Crippen LogP contribution in [0.15, 0.2) is 78.9 Å². The summed E-state index contributed by atoms with van der Waals surface area (Å²) in [7, 11) is -0.845. The molecule has 0 saturated heterocycles. The molecule has 3 rings (SSSR count). The van der Waals surface area contributed by atoms with Gasteiger partial charge in [0.2, 0.25) is 15.9 Å². The maximum absolute atomic E-state index is 13.1. The van der Waals surface area contributed by atoms with Gasteiger partial charge in [0.15, 0.2) is 0 Å². The predicted octanol–water partition coefficient (Wildman–Crippen LogP) is 3.38. The third-order valence-electron chi connectivity index (χ3n) is 4.91. The lowest BCUT2D eigenvalue weighted by atomic mass is 9.99. The molecule has 0 bridgehead atoms. The van der Waals surface area contributed by atoms with Crippen molar-refractivity contribution in [3.8, 4) is 11.5 Å². The number of methoxy groups -OCH3 is 2. The van der Waals surface area contributed by atoms with Crippen molar-refractivity contribution >= 4 is 21.6 Å². The molecule has 32 heavy (non-hydrogen) atoms. The van der Waals surface area contributed by atoms with Gasteiger partial charge in [0.1, 0.15) is 18.0 Å². The smallest absolute Gasteiger partial charge is 0.241 e. The first-order valence-electron chi connectivity index (χ1n) is 9.92. The first kappa shape index (κ1) is 23.1. The van der Waals surface area contributed by atoms with Gasteiger partial charge in [-0.15, -0.1) is 0 Å². The van der Waals surface area contributed by atoms with Crippen molar-refractivity contribution in [2.45, 2.75) is 6.04 Å². The van der Waals surface area contributed by atoms with Gasteiger partial charge in [-0.2, -0.15) is 0 Å². The second-order valence-electron chi connectivity index (χ2n) is 7.13. The lowest BCUT2D eigenvalue weighted by Crippen LogP contribution is -2.42. The second kappa shape index (κ2) is 10.2. The zero-order valence-corrected chi connectivity index (χ0v) is 19.0. The van der Waals surface area contributed by atoms with Crippen LogP contribution < -0.4 is 19.1 Å². The molecule has 1 amide bonds. The molecule has 0 heterocycles. The molecule has 0 atom stereocenters. The number of amides is 1. The molecule has 0 radical (unpaired) electrons. The Bertz CT molecular complexity index is 1110. The van der Waals surface area contributed by atoms with Gasteiger partial charge in [-0.25, -0.2) is 8.42 Å². The Kier molecular flexibility index (Phi) is 7.37. The van der Waals surface area contributed by atoms with Crippen molar-refractivity contribution in [1.29, 1.82) is 0 Å². The number of nitrogens with zero attached hydrogens (tertiary/aromatic N) is 1. The summed E-state index contributed by atoms with van der Waals surface area (Å²) in [6.45, 7) is -0.405. The van der Waals surface area contributed by atoms with E-state index >= 15 is 0 Å². The van der Waals surface area contributed by atoms with Gasteiger partial charge in [-0.1, -0.05) is 60.7 Å². The van der Waals surface area contributed by atoms with Crippen molar-refractivity contribution in [1.82, 2.24) is 5.32 Å². The molecule has 0 aliphatic carbocycles. The quantitative estimate of drug-likeness (QED) is 0.536. The minimum Gasteiger partial charge on any atom is -0.497 e. The molecule has 0 unspecified atom stereocenters. The number of sulfonamides is 1. The van der Waals surface area contributed by atoms with Gasteiger partial charge in [0, 0.05) is 6.07 Å². The third-order valence-corrected chi connectivity index (χ3v) is 6.04. The maximum Gasteiger partial charge on any atom is 0.241 e. The van der Waals surface area contributed by atoms with Crippen LogP contribution in [0.1, 0.15) is 17.2 Å². The molecule has 168 valence electrons. The number of hydrogen-bond acceptors (Lipinski definition) is 5. The van der Waals surface area contributed by atoms with Crippen LogP contribution >= 0.6 is 0 Å². The minimum absolute atomic E-state index is 0.252. The molecule has 3 aromatic carbocycles. The zero-order valence-electron chi connectivity index (χ0n) is 18.2. The molecular weight excluding hydrogens is 428 g/mol. The fourth-order valence-corrected chi connectivity index (χ4v) is 4.22. The van der Waals surface area contributed by atoms with E-state index in [2.05, 4.69) is 5.32 Å². The summed E-state index contributed by atoms with van der Waals surface area (Å²) in [6, 6.07) is 23.3. The van der Waals surface area contributed by atoms with E-state index in [1.807, 2.05) is 60.7 Å². The van der Waals surface area contributed by atoms with Crippen LogP contribution in [0.3, 0.4) is 0 Å². The van der Waals surface area contributed by atoms with E-state index < -0.39 is 28.5 Å². The Morgan fingerprint density at radius 3 is 1.94 bits per heavy atom. The Balaban J connectivity index is 1.91. The van der Waals surface area contributed by atoms with E-state index in [0.717, 1.165) is 21.7 Å². The Hall–Kier alpha value is -3.52. The van der Waals surface area contributed by atoms with Crippen LogP contribution in [0, 0.1) is 0 Å². The van der Waals surface area contributed by atoms with Gasteiger partial charge in [0.25, 0.3) is 0 Å². The molecule has 1 N–H and O–H groups in total. The molecule has 0 aliphatic heterocycles. The predicted molar refractivity (Wildman–Crippen MR) is 125 cm³/mol. The van der Waals surface area contributed by atoms with Gasteiger partial charge >= 0.3 is 0 Å². The summed E-state index contributed by atoms with van der Waals surface area (Å²) in [4.78, 5) is 13.1. The van der Waals surface area contributed by atoms with Crippen LogP contribution in [0.4, 0.5) is 5.69 Å². The lowest BCUT2D eigenvalue weighted by molar-refractivity contribution is -0.120. The van der Waals surface area contributed by atoms with E-state index in [-0.39, 0.29) is 11.4 Å². The fourth-order valence-electron chi connectivity index (χ4n) is 3.36. The van der Waals surface area contributed by atoms with E-state index in [4.69, 9.17) is 9.47 Å². The van der Waals surface area contributed by atoms with Gasteiger partial charge in [-0.3, -0.25) is 9.10 Å². The standard InChI is InChI=1S/C24H26N2O5S/c1-30-20-14-15-21(22(16-20)31-2)26(32(3,28)29)17-23(27)25-24(18-10-6-4-7-11-18)19-12-8-5-9-13-19/h4-16,24H,17H2,1-3H3,(H,25,27).